The Kier molecular flexibility index (Phi) is 4.68. The SMILES string of the molecule is COC(=O)c1nccc(N(C)CC2CCCNC2)n1. The second kappa shape index (κ2) is 6.47. The van der Waals surface area contributed by atoms with Crippen molar-refractivity contribution in [3.05, 3.63) is 18.1 Å². The van der Waals surface area contributed by atoms with Crippen molar-refractivity contribution in [2.75, 3.05) is 38.7 Å². The number of esters is 1. The molecule has 1 atom stereocenters. The van der Waals surface area contributed by atoms with E-state index in [0.717, 1.165) is 25.5 Å². The fourth-order valence-corrected chi connectivity index (χ4v) is 2.31. The van der Waals surface area contributed by atoms with Gasteiger partial charge in [-0.25, -0.2) is 14.8 Å². The van der Waals surface area contributed by atoms with Crippen LogP contribution in [-0.4, -0.2) is 49.7 Å². The molecular formula is C13H20N4O2. The Balaban J connectivity index is 2.01. The van der Waals surface area contributed by atoms with E-state index in [1.54, 1.807) is 6.20 Å². The van der Waals surface area contributed by atoms with E-state index in [2.05, 4.69) is 24.9 Å². The summed E-state index contributed by atoms with van der Waals surface area (Å²) in [5.41, 5.74) is 0. The normalized spacial score (nSPS) is 18.9. The van der Waals surface area contributed by atoms with Gasteiger partial charge < -0.3 is 15.0 Å². The van der Waals surface area contributed by atoms with Crippen LogP contribution in [0.5, 0.6) is 0 Å². The maximum Gasteiger partial charge on any atom is 0.376 e. The summed E-state index contributed by atoms with van der Waals surface area (Å²) in [6, 6.07) is 1.81. The molecule has 2 rings (SSSR count). The van der Waals surface area contributed by atoms with Crippen LogP contribution in [0.2, 0.25) is 0 Å². The highest BCUT2D eigenvalue weighted by atomic mass is 16.5. The van der Waals surface area contributed by atoms with Crippen LogP contribution in [0.15, 0.2) is 12.3 Å². The zero-order chi connectivity index (χ0) is 13.7. The minimum atomic E-state index is -0.505. The van der Waals surface area contributed by atoms with Gasteiger partial charge >= 0.3 is 5.97 Å². The first-order valence-electron chi connectivity index (χ1n) is 6.54. The van der Waals surface area contributed by atoms with E-state index in [-0.39, 0.29) is 5.82 Å². The van der Waals surface area contributed by atoms with Crippen molar-refractivity contribution in [1.29, 1.82) is 0 Å². The molecule has 6 nitrogen and oxygen atoms in total. The summed E-state index contributed by atoms with van der Waals surface area (Å²) in [5.74, 6) is 0.972. The third-order valence-electron chi connectivity index (χ3n) is 3.33. The van der Waals surface area contributed by atoms with Crippen molar-refractivity contribution in [2.24, 2.45) is 5.92 Å². The molecule has 1 N–H and O–H groups in total. The van der Waals surface area contributed by atoms with Gasteiger partial charge in [-0.15, -0.1) is 0 Å². The average molecular weight is 264 g/mol. The lowest BCUT2D eigenvalue weighted by atomic mass is 9.99. The van der Waals surface area contributed by atoms with E-state index in [0.29, 0.717) is 5.92 Å². The number of piperidine rings is 1. The third kappa shape index (κ3) is 3.64. The summed E-state index contributed by atoms with van der Waals surface area (Å²) in [6.07, 6.45) is 4.03. The molecule has 19 heavy (non-hydrogen) atoms. The minimum Gasteiger partial charge on any atom is -0.463 e. The molecule has 1 unspecified atom stereocenters. The van der Waals surface area contributed by atoms with Crippen LogP contribution in [0.3, 0.4) is 0 Å². The Bertz CT molecular complexity index is 432. The van der Waals surface area contributed by atoms with Gasteiger partial charge in [-0.3, -0.25) is 0 Å². The van der Waals surface area contributed by atoms with Gasteiger partial charge in [-0.2, -0.15) is 0 Å². The maximum absolute atomic E-state index is 11.4. The molecule has 104 valence electrons. The lowest BCUT2D eigenvalue weighted by Gasteiger charge is -2.28. The van der Waals surface area contributed by atoms with E-state index >= 15 is 0 Å². The molecule has 0 radical (unpaired) electrons. The molecule has 1 aliphatic rings. The first kappa shape index (κ1) is 13.7. The van der Waals surface area contributed by atoms with Crippen LogP contribution in [0, 0.1) is 5.92 Å². The fraction of sp³-hybridized carbons (Fsp3) is 0.615. The highest BCUT2D eigenvalue weighted by Crippen LogP contribution is 2.15. The van der Waals surface area contributed by atoms with Crippen LogP contribution in [-0.2, 0) is 4.74 Å². The van der Waals surface area contributed by atoms with Gasteiger partial charge in [0.1, 0.15) is 5.82 Å². The van der Waals surface area contributed by atoms with Gasteiger partial charge in [0.15, 0.2) is 0 Å². The van der Waals surface area contributed by atoms with E-state index < -0.39 is 5.97 Å². The summed E-state index contributed by atoms with van der Waals surface area (Å²) in [7, 11) is 3.31. The second-order valence-corrected chi connectivity index (χ2v) is 4.82. The first-order valence-corrected chi connectivity index (χ1v) is 6.54. The smallest absolute Gasteiger partial charge is 0.376 e. The van der Waals surface area contributed by atoms with E-state index in [4.69, 9.17) is 0 Å². The predicted octanol–water partition coefficient (Wildman–Crippen LogP) is 0.699. The number of anilines is 1. The molecule has 1 aliphatic heterocycles. The van der Waals surface area contributed by atoms with Gasteiger partial charge in [0, 0.05) is 19.8 Å². The number of ether oxygens (including phenoxy) is 1. The van der Waals surface area contributed by atoms with Gasteiger partial charge in [0.25, 0.3) is 0 Å². The average Bonchev–Trinajstić information content (AvgIpc) is 2.47. The van der Waals surface area contributed by atoms with Crippen molar-refractivity contribution in [3.8, 4) is 0 Å². The highest BCUT2D eigenvalue weighted by molar-refractivity contribution is 5.85. The summed E-state index contributed by atoms with van der Waals surface area (Å²) in [5, 5.41) is 3.40. The van der Waals surface area contributed by atoms with Crippen molar-refractivity contribution in [3.63, 3.8) is 0 Å². The summed E-state index contributed by atoms with van der Waals surface area (Å²) in [4.78, 5) is 21.6. The lowest BCUT2D eigenvalue weighted by Crippen LogP contribution is -2.37. The number of rotatable bonds is 4. The van der Waals surface area contributed by atoms with Gasteiger partial charge in [-0.05, 0) is 37.9 Å². The monoisotopic (exact) mass is 264 g/mol. The number of hydrogen-bond acceptors (Lipinski definition) is 6. The Morgan fingerprint density at radius 2 is 2.47 bits per heavy atom. The molecule has 1 fully saturated rings. The maximum atomic E-state index is 11.4. The standard InChI is InChI=1S/C13H20N4O2/c1-17(9-10-4-3-6-14-8-10)11-5-7-15-12(16-11)13(18)19-2/h5,7,10,14H,3-4,6,8-9H2,1-2H3. The summed E-state index contributed by atoms with van der Waals surface area (Å²) in [6.45, 7) is 3.07. The third-order valence-corrected chi connectivity index (χ3v) is 3.33. The molecule has 1 aromatic heterocycles. The van der Waals surface area contributed by atoms with Gasteiger partial charge in [-0.1, -0.05) is 0 Å². The number of aromatic nitrogens is 2. The van der Waals surface area contributed by atoms with Gasteiger partial charge in [0.05, 0.1) is 7.11 Å². The van der Waals surface area contributed by atoms with Crippen molar-refractivity contribution in [2.45, 2.75) is 12.8 Å². The number of carbonyl (C=O) groups is 1. The molecule has 2 heterocycles. The quantitative estimate of drug-likeness (QED) is 0.807. The molecule has 0 bridgehead atoms. The molecule has 0 aliphatic carbocycles. The first-order chi connectivity index (χ1) is 9.20. The number of carbonyl (C=O) groups excluding carboxylic acids is 1. The number of methoxy groups -OCH3 is 1. The fourth-order valence-electron chi connectivity index (χ4n) is 2.31. The number of nitrogens with zero attached hydrogens (tertiary/aromatic N) is 3. The topological polar surface area (TPSA) is 67.3 Å². The van der Waals surface area contributed by atoms with Crippen molar-refractivity contribution >= 4 is 11.8 Å². The molecule has 1 saturated heterocycles. The summed E-state index contributed by atoms with van der Waals surface area (Å²) < 4.78 is 4.63. The molecule has 1 aromatic rings. The Morgan fingerprint density at radius 1 is 1.63 bits per heavy atom. The molecule has 0 saturated carbocycles. The second-order valence-electron chi connectivity index (χ2n) is 4.82. The lowest BCUT2D eigenvalue weighted by molar-refractivity contribution is 0.0587. The summed E-state index contributed by atoms with van der Waals surface area (Å²) >= 11 is 0. The van der Waals surface area contributed by atoms with Crippen molar-refractivity contribution in [1.82, 2.24) is 15.3 Å². The van der Waals surface area contributed by atoms with Crippen LogP contribution in [0.4, 0.5) is 5.82 Å². The van der Waals surface area contributed by atoms with Crippen LogP contribution in [0.1, 0.15) is 23.5 Å². The van der Waals surface area contributed by atoms with E-state index in [1.165, 1.54) is 20.0 Å². The van der Waals surface area contributed by atoms with E-state index in [9.17, 15) is 4.79 Å². The molecule has 0 aromatic carbocycles. The van der Waals surface area contributed by atoms with Crippen molar-refractivity contribution < 1.29 is 9.53 Å². The molecule has 6 heteroatoms. The van der Waals surface area contributed by atoms with Crippen LogP contribution in [0.25, 0.3) is 0 Å². The Hall–Kier alpha value is -1.69. The minimum absolute atomic E-state index is 0.105. The molecule has 0 amide bonds. The number of nitrogens with one attached hydrogen (secondary N) is 1. The van der Waals surface area contributed by atoms with Crippen LogP contribution < -0.4 is 10.2 Å². The Morgan fingerprint density at radius 3 is 3.16 bits per heavy atom. The van der Waals surface area contributed by atoms with Crippen LogP contribution >= 0.6 is 0 Å². The zero-order valence-electron chi connectivity index (χ0n) is 11.4. The predicted molar refractivity (Wildman–Crippen MR) is 72.2 cm³/mol. The zero-order valence-corrected chi connectivity index (χ0v) is 11.4. The highest BCUT2D eigenvalue weighted by Gasteiger charge is 2.17. The Labute approximate surface area is 113 Å². The number of hydrogen-bond donors (Lipinski definition) is 1. The largest absolute Gasteiger partial charge is 0.463 e. The molecular weight excluding hydrogens is 244 g/mol. The molecule has 0 spiro atoms. The van der Waals surface area contributed by atoms with E-state index in [1.807, 2.05) is 13.1 Å². The van der Waals surface area contributed by atoms with Gasteiger partial charge in [0.2, 0.25) is 5.82 Å².